The van der Waals surface area contributed by atoms with Gasteiger partial charge in [-0.05, 0) is 20.3 Å². The van der Waals surface area contributed by atoms with Crippen LogP contribution < -0.4 is 21.3 Å². The van der Waals surface area contributed by atoms with Crippen LogP contribution in [0.1, 0.15) is 66.4 Å². The van der Waals surface area contributed by atoms with E-state index in [2.05, 4.69) is 47.1 Å². The highest BCUT2D eigenvalue weighted by molar-refractivity contribution is 5.88. The average molecular weight is 350 g/mol. The van der Waals surface area contributed by atoms with Gasteiger partial charge in [0.25, 0.3) is 0 Å². The number of hydrogen-bond donors (Lipinski definition) is 4. The maximum atomic E-state index is 12.1. The Bertz CT molecular complexity index is 632. The Morgan fingerprint density at radius 2 is 2.12 bits per heavy atom. The third-order valence-electron chi connectivity index (χ3n) is 4.03. The van der Waals surface area contributed by atoms with Gasteiger partial charge in [0.1, 0.15) is 5.82 Å². The van der Waals surface area contributed by atoms with E-state index in [1.807, 2.05) is 26.8 Å². The average Bonchev–Trinajstić information content (AvgIpc) is 2.89. The zero-order chi connectivity index (χ0) is 18.8. The van der Waals surface area contributed by atoms with Crippen LogP contribution in [0, 0.1) is 0 Å². The van der Waals surface area contributed by atoms with E-state index in [1.54, 1.807) is 4.68 Å². The molecule has 1 aromatic heterocycles. The summed E-state index contributed by atoms with van der Waals surface area (Å²) in [5.41, 5.74) is 0.654. The number of urea groups is 1. The van der Waals surface area contributed by atoms with E-state index in [-0.39, 0.29) is 29.4 Å². The predicted molar refractivity (Wildman–Crippen MR) is 97.2 cm³/mol. The van der Waals surface area contributed by atoms with Crippen LogP contribution in [0.2, 0.25) is 0 Å². The Kier molecular flexibility index (Phi) is 5.72. The quantitative estimate of drug-likeness (QED) is 0.668. The van der Waals surface area contributed by atoms with E-state index in [9.17, 15) is 9.59 Å². The van der Waals surface area contributed by atoms with Crippen molar-refractivity contribution in [3.8, 4) is 0 Å². The number of carbonyl (C=O) groups excluding carboxylic acids is 2. The van der Waals surface area contributed by atoms with Gasteiger partial charge in [-0.2, -0.15) is 5.10 Å². The van der Waals surface area contributed by atoms with Crippen LogP contribution in [0.3, 0.4) is 0 Å². The smallest absolute Gasteiger partial charge is 0.320 e. The summed E-state index contributed by atoms with van der Waals surface area (Å²) in [6.07, 6.45) is 0.793. The fraction of sp³-hybridized carbons (Fsp3) is 0.706. The van der Waals surface area contributed by atoms with Crippen LogP contribution in [0.25, 0.3) is 0 Å². The van der Waals surface area contributed by atoms with Crippen molar-refractivity contribution in [1.82, 2.24) is 25.7 Å². The van der Waals surface area contributed by atoms with Crippen molar-refractivity contribution in [2.45, 2.75) is 78.2 Å². The predicted octanol–water partition coefficient (Wildman–Crippen LogP) is 2.05. The summed E-state index contributed by atoms with van der Waals surface area (Å²) in [7, 11) is 0. The molecule has 4 N–H and O–H groups in total. The number of carbonyl (C=O) groups is 2. The van der Waals surface area contributed by atoms with E-state index in [4.69, 9.17) is 0 Å². The first-order valence-electron chi connectivity index (χ1n) is 8.83. The van der Waals surface area contributed by atoms with Crippen molar-refractivity contribution >= 4 is 17.8 Å². The summed E-state index contributed by atoms with van der Waals surface area (Å²) in [4.78, 5) is 24.1. The Hall–Kier alpha value is -2.09. The number of aromatic nitrogens is 2. The van der Waals surface area contributed by atoms with Crippen molar-refractivity contribution < 1.29 is 9.59 Å². The zero-order valence-electron chi connectivity index (χ0n) is 15.9. The van der Waals surface area contributed by atoms with E-state index in [0.29, 0.717) is 12.2 Å². The molecule has 25 heavy (non-hydrogen) atoms. The summed E-state index contributed by atoms with van der Waals surface area (Å²) in [5, 5.41) is 16.5. The Balaban J connectivity index is 2.32. The molecule has 0 bridgehead atoms. The molecule has 0 saturated carbocycles. The highest BCUT2D eigenvalue weighted by Crippen LogP contribution is 2.26. The van der Waals surface area contributed by atoms with Crippen LogP contribution in [0.4, 0.5) is 10.6 Å². The van der Waals surface area contributed by atoms with Gasteiger partial charge in [0.2, 0.25) is 5.91 Å². The molecule has 2 atom stereocenters. The van der Waals surface area contributed by atoms with Gasteiger partial charge in [-0.15, -0.1) is 0 Å². The minimum atomic E-state index is -0.489. The number of amides is 3. The number of nitrogens with zero attached hydrogens (tertiary/aromatic N) is 2. The Morgan fingerprint density at radius 1 is 1.44 bits per heavy atom. The summed E-state index contributed by atoms with van der Waals surface area (Å²) in [5.74, 6) is 0.513. The van der Waals surface area contributed by atoms with E-state index < -0.39 is 6.29 Å². The standard InChI is InChI=1S/C17H30N6O2/c1-7-11-8-14(24)21-15(19-11)23-13(20-16(25)18-10(2)3)9-12(22-23)17(4,5)6/h9-11,15,19H,7-8H2,1-6H3,(H,21,24)(H2,18,20,25). The first-order valence-corrected chi connectivity index (χ1v) is 8.83. The minimum absolute atomic E-state index is 0.0236. The lowest BCUT2D eigenvalue weighted by molar-refractivity contribution is -0.125. The van der Waals surface area contributed by atoms with Crippen LogP contribution in [-0.4, -0.2) is 33.8 Å². The molecule has 0 aromatic carbocycles. The molecule has 1 saturated heterocycles. The fourth-order valence-electron chi connectivity index (χ4n) is 2.62. The molecule has 1 aromatic rings. The van der Waals surface area contributed by atoms with Crippen molar-refractivity contribution in [1.29, 1.82) is 0 Å². The normalized spacial score (nSPS) is 21.2. The molecule has 2 rings (SSSR count). The van der Waals surface area contributed by atoms with Crippen LogP contribution in [-0.2, 0) is 10.2 Å². The second kappa shape index (κ2) is 7.43. The zero-order valence-corrected chi connectivity index (χ0v) is 15.9. The van der Waals surface area contributed by atoms with Gasteiger partial charge in [0, 0.05) is 30.0 Å². The summed E-state index contributed by atoms with van der Waals surface area (Å²) >= 11 is 0. The SMILES string of the molecule is CCC1CC(=O)NC(n2nc(C(C)(C)C)cc2NC(=O)NC(C)C)N1. The molecular weight excluding hydrogens is 320 g/mol. The molecule has 0 radical (unpaired) electrons. The van der Waals surface area contributed by atoms with Crippen LogP contribution in [0.5, 0.6) is 0 Å². The number of rotatable bonds is 4. The third-order valence-corrected chi connectivity index (χ3v) is 4.03. The van der Waals surface area contributed by atoms with Crippen molar-refractivity contribution in [3.63, 3.8) is 0 Å². The molecule has 1 aliphatic heterocycles. The molecule has 1 fully saturated rings. The molecular formula is C17H30N6O2. The topological polar surface area (TPSA) is 100 Å². The highest BCUT2D eigenvalue weighted by Gasteiger charge is 2.30. The summed E-state index contributed by atoms with van der Waals surface area (Å²) < 4.78 is 1.64. The van der Waals surface area contributed by atoms with E-state index in [1.165, 1.54) is 0 Å². The van der Waals surface area contributed by atoms with Crippen molar-refractivity contribution in [3.05, 3.63) is 11.8 Å². The Labute approximate surface area is 149 Å². The second-order valence-electron chi connectivity index (χ2n) is 7.81. The third kappa shape index (κ3) is 4.94. The van der Waals surface area contributed by atoms with E-state index in [0.717, 1.165) is 12.1 Å². The molecule has 8 nitrogen and oxygen atoms in total. The van der Waals surface area contributed by atoms with Gasteiger partial charge in [-0.25, -0.2) is 9.48 Å². The van der Waals surface area contributed by atoms with Crippen LogP contribution in [0.15, 0.2) is 6.07 Å². The maximum Gasteiger partial charge on any atom is 0.320 e. The highest BCUT2D eigenvalue weighted by atomic mass is 16.2. The van der Waals surface area contributed by atoms with Crippen LogP contribution >= 0.6 is 0 Å². The second-order valence-corrected chi connectivity index (χ2v) is 7.81. The molecule has 8 heteroatoms. The van der Waals surface area contributed by atoms with Gasteiger partial charge in [-0.1, -0.05) is 27.7 Å². The molecule has 2 unspecified atom stereocenters. The Morgan fingerprint density at radius 3 is 2.68 bits per heavy atom. The van der Waals surface area contributed by atoms with Gasteiger partial charge in [0.05, 0.1) is 5.69 Å². The lowest BCUT2D eigenvalue weighted by Crippen LogP contribution is -2.53. The van der Waals surface area contributed by atoms with Gasteiger partial charge < -0.3 is 10.6 Å². The summed E-state index contributed by atoms with van der Waals surface area (Å²) in [6, 6.07) is 1.66. The molecule has 0 spiro atoms. The molecule has 2 heterocycles. The lowest BCUT2D eigenvalue weighted by atomic mass is 9.92. The fourth-order valence-corrected chi connectivity index (χ4v) is 2.62. The molecule has 140 valence electrons. The van der Waals surface area contributed by atoms with Crippen molar-refractivity contribution in [2.24, 2.45) is 0 Å². The minimum Gasteiger partial charge on any atom is -0.336 e. The first kappa shape index (κ1) is 19.2. The maximum absolute atomic E-state index is 12.1. The lowest BCUT2D eigenvalue weighted by Gasteiger charge is -2.32. The largest absolute Gasteiger partial charge is 0.336 e. The number of nitrogens with one attached hydrogen (secondary N) is 4. The monoisotopic (exact) mass is 350 g/mol. The van der Waals surface area contributed by atoms with Gasteiger partial charge >= 0.3 is 6.03 Å². The van der Waals surface area contributed by atoms with Gasteiger partial charge in [0.15, 0.2) is 6.29 Å². The molecule has 3 amide bonds. The number of hydrogen-bond acceptors (Lipinski definition) is 4. The van der Waals surface area contributed by atoms with Gasteiger partial charge in [-0.3, -0.25) is 15.4 Å². The number of anilines is 1. The van der Waals surface area contributed by atoms with Crippen molar-refractivity contribution in [2.75, 3.05) is 5.32 Å². The molecule has 1 aliphatic rings. The first-order chi connectivity index (χ1) is 11.6. The molecule has 0 aliphatic carbocycles. The van der Waals surface area contributed by atoms with E-state index >= 15 is 0 Å². The summed E-state index contributed by atoms with van der Waals surface area (Å²) in [6.45, 7) is 12.0.